The van der Waals surface area contributed by atoms with Gasteiger partial charge in [0.2, 0.25) is 0 Å². The molecular weight excluding hydrogens is 322 g/mol. The summed E-state index contributed by atoms with van der Waals surface area (Å²) in [7, 11) is 0. The molecule has 5 heteroatoms. The lowest BCUT2D eigenvalue weighted by Gasteiger charge is -2.10. The molecule has 0 spiro atoms. The quantitative estimate of drug-likeness (QED) is 0.899. The molecule has 1 unspecified atom stereocenters. The summed E-state index contributed by atoms with van der Waals surface area (Å²) in [5.74, 6) is -1.21. The standard InChI is InChI=1S/C13H11BrF2OS/c14-9-4-12(18-7-9)6-11(17)3-8-1-2-10(15)5-13(8)16/h1-2,4-5,7,11,17H,3,6H2. The number of hydrogen-bond acceptors (Lipinski definition) is 2. The second-order valence-electron chi connectivity index (χ2n) is 4.03. The summed E-state index contributed by atoms with van der Waals surface area (Å²) in [5.41, 5.74) is 0.333. The summed E-state index contributed by atoms with van der Waals surface area (Å²) in [6, 6.07) is 5.34. The van der Waals surface area contributed by atoms with Crippen molar-refractivity contribution in [3.8, 4) is 0 Å². The molecule has 0 fully saturated rings. The lowest BCUT2D eigenvalue weighted by atomic mass is 10.0. The molecule has 1 atom stereocenters. The van der Waals surface area contributed by atoms with Crippen LogP contribution in [0.1, 0.15) is 10.4 Å². The number of thiophene rings is 1. The lowest BCUT2D eigenvalue weighted by Crippen LogP contribution is -2.14. The van der Waals surface area contributed by atoms with Gasteiger partial charge in [-0.25, -0.2) is 8.78 Å². The maximum atomic E-state index is 13.4. The van der Waals surface area contributed by atoms with Gasteiger partial charge in [0.05, 0.1) is 6.10 Å². The van der Waals surface area contributed by atoms with Crippen LogP contribution in [0, 0.1) is 11.6 Å². The Bertz CT molecular complexity index is 542. The topological polar surface area (TPSA) is 20.2 Å². The molecule has 18 heavy (non-hydrogen) atoms. The molecule has 0 amide bonds. The summed E-state index contributed by atoms with van der Waals surface area (Å²) in [6.07, 6.45) is -0.0233. The molecular formula is C13H11BrF2OS. The molecule has 1 N–H and O–H groups in total. The van der Waals surface area contributed by atoms with Crippen molar-refractivity contribution < 1.29 is 13.9 Å². The Morgan fingerprint density at radius 3 is 2.61 bits per heavy atom. The fourth-order valence-corrected chi connectivity index (χ4v) is 3.23. The molecule has 1 aromatic heterocycles. The van der Waals surface area contributed by atoms with Crippen molar-refractivity contribution in [2.75, 3.05) is 0 Å². The number of aliphatic hydroxyl groups excluding tert-OH is 1. The molecule has 0 aliphatic rings. The summed E-state index contributed by atoms with van der Waals surface area (Å²) in [6.45, 7) is 0. The number of rotatable bonds is 4. The first-order chi connectivity index (χ1) is 8.54. The minimum absolute atomic E-state index is 0.182. The van der Waals surface area contributed by atoms with Crippen LogP contribution in [0.3, 0.4) is 0 Å². The van der Waals surface area contributed by atoms with Gasteiger partial charge in [0.15, 0.2) is 0 Å². The first-order valence-corrected chi connectivity index (χ1v) is 7.07. The Hall–Kier alpha value is -0.780. The van der Waals surface area contributed by atoms with E-state index in [9.17, 15) is 13.9 Å². The van der Waals surface area contributed by atoms with Crippen LogP contribution >= 0.6 is 27.3 Å². The third-order valence-electron chi connectivity index (χ3n) is 2.53. The van der Waals surface area contributed by atoms with Gasteiger partial charge in [0.1, 0.15) is 11.6 Å². The van der Waals surface area contributed by atoms with Crippen molar-refractivity contribution in [1.29, 1.82) is 0 Å². The Morgan fingerprint density at radius 2 is 2.00 bits per heavy atom. The van der Waals surface area contributed by atoms with Gasteiger partial charge in [0.25, 0.3) is 0 Å². The zero-order valence-corrected chi connectivity index (χ0v) is 11.8. The van der Waals surface area contributed by atoms with Crippen LogP contribution < -0.4 is 0 Å². The van der Waals surface area contributed by atoms with Crippen molar-refractivity contribution >= 4 is 27.3 Å². The van der Waals surface area contributed by atoms with Gasteiger partial charge in [-0.05, 0) is 33.6 Å². The van der Waals surface area contributed by atoms with E-state index in [1.807, 2.05) is 11.4 Å². The van der Waals surface area contributed by atoms with Crippen molar-refractivity contribution in [2.24, 2.45) is 0 Å². The highest BCUT2D eigenvalue weighted by Gasteiger charge is 2.12. The first-order valence-electron chi connectivity index (χ1n) is 5.39. The average molecular weight is 333 g/mol. The third-order valence-corrected chi connectivity index (χ3v) is 4.25. The van der Waals surface area contributed by atoms with Crippen molar-refractivity contribution in [3.63, 3.8) is 0 Å². The van der Waals surface area contributed by atoms with Crippen LogP contribution in [-0.2, 0) is 12.8 Å². The number of hydrogen-bond donors (Lipinski definition) is 1. The number of halogens is 3. The molecule has 0 aliphatic carbocycles. The highest BCUT2D eigenvalue weighted by Crippen LogP contribution is 2.22. The molecule has 1 nitrogen and oxygen atoms in total. The lowest BCUT2D eigenvalue weighted by molar-refractivity contribution is 0.175. The minimum atomic E-state index is -0.671. The Morgan fingerprint density at radius 1 is 1.22 bits per heavy atom. The smallest absolute Gasteiger partial charge is 0.129 e. The van der Waals surface area contributed by atoms with Crippen molar-refractivity contribution in [1.82, 2.24) is 0 Å². The van der Waals surface area contributed by atoms with E-state index in [-0.39, 0.29) is 6.42 Å². The van der Waals surface area contributed by atoms with Gasteiger partial charge in [0, 0.05) is 33.6 Å². The van der Waals surface area contributed by atoms with Crippen molar-refractivity contribution in [2.45, 2.75) is 18.9 Å². The minimum Gasteiger partial charge on any atom is -0.392 e. The average Bonchev–Trinajstić information content (AvgIpc) is 2.68. The van der Waals surface area contributed by atoms with E-state index in [0.717, 1.165) is 15.4 Å². The molecule has 0 saturated carbocycles. The van der Waals surface area contributed by atoms with Crippen LogP contribution in [0.2, 0.25) is 0 Å². The summed E-state index contributed by atoms with van der Waals surface area (Å²) >= 11 is 4.87. The number of benzene rings is 1. The van der Waals surface area contributed by atoms with E-state index in [2.05, 4.69) is 15.9 Å². The van der Waals surface area contributed by atoms with E-state index < -0.39 is 17.7 Å². The molecule has 0 saturated heterocycles. The predicted octanol–water partition coefficient (Wildman–Crippen LogP) is 3.93. The van der Waals surface area contributed by atoms with E-state index in [1.54, 1.807) is 0 Å². The summed E-state index contributed by atoms with van der Waals surface area (Å²) in [4.78, 5) is 1.02. The maximum absolute atomic E-state index is 13.4. The molecule has 2 rings (SSSR count). The van der Waals surface area contributed by atoms with Gasteiger partial charge >= 0.3 is 0 Å². The predicted molar refractivity (Wildman–Crippen MR) is 71.8 cm³/mol. The zero-order chi connectivity index (χ0) is 13.1. The van der Waals surface area contributed by atoms with E-state index in [4.69, 9.17) is 0 Å². The molecule has 0 bridgehead atoms. The van der Waals surface area contributed by atoms with E-state index in [1.165, 1.54) is 23.5 Å². The molecule has 1 heterocycles. The maximum Gasteiger partial charge on any atom is 0.129 e. The zero-order valence-electron chi connectivity index (χ0n) is 9.37. The summed E-state index contributed by atoms with van der Waals surface area (Å²) in [5, 5.41) is 11.8. The van der Waals surface area contributed by atoms with Crippen LogP contribution in [0.15, 0.2) is 34.1 Å². The molecule has 1 aromatic carbocycles. The molecule has 0 aliphatic heterocycles. The van der Waals surface area contributed by atoms with Crippen LogP contribution in [0.5, 0.6) is 0 Å². The van der Waals surface area contributed by atoms with Crippen LogP contribution in [-0.4, -0.2) is 11.2 Å². The second-order valence-corrected chi connectivity index (χ2v) is 5.94. The van der Waals surface area contributed by atoms with E-state index in [0.29, 0.717) is 12.0 Å². The largest absolute Gasteiger partial charge is 0.392 e. The second kappa shape index (κ2) is 5.91. The Labute approximate surface area is 116 Å². The van der Waals surface area contributed by atoms with Gasteiger partial charge < -0.3 is 5.11 Å². The highest BCUT2D eigenvalue weighted by atomic mass is 79.9. The van der Waals surface area contributed by atoms with E-state index >= 15 is 0 Å². The van der Waals surface area contributed by atoms with Crippen molar-refractivity contribution in [3.05, 3.63) is 56.2 Å². The third kappa shape index (κ3) is 3.60. The molecule has 0 radical (unpaired) electrons. The fraction of sp³-hybridized carbons (Fsp3) is 0.231. The first kappa shape index (κ1) is 13.6. The van der Waals surface area contributed by atoms with Gasteiger partial charge in [-0.15, -0.1) is 11.3 Å². The SMILES string of the molecule is OC(Cc1cc(Br)cs1)Cc1ccc(F)cc1F. The normalized spacial score (nSPS) is 12.7. The monoisotopic (exact) mass is 332 g/mol. The van der Waals surface area contributed by atoms with Gasteiger partial charge in [-0.3, -0.25) is 0 Å². The highest BCUT2D eigenvalue weighted by molar-refractivity contribution is 9.10. The van der Waals surface area contributed by atoms with Gasteiger partial charge in [-0.1, -0.05) is 6.07 Å². The Balaban J connectivity index is 2.00. The fourth-order valence-electron chi connectivity index (χ4n) is 1.71. The Kier molecular flexibility index (Phi) is 4.48. The molecule has 96 valence electrons. The summed E-state index contributed by atoms with van der Waals surface area (Å²) < 4.78 is 27.1. The van der Waals surface area contributed by atoms with Crippen LogP contribution in [0.25, 0.3) is 0 Å². The number of aliphatic hydroxyl groups is 1. The molecule has 2 aromatic rings. The van der Waals surface area contributed by atoms with Gasteiger partial charge in [-0.2, -0.15) is 0 Å². The van der Waals surface area contributed by atoms with Crippen LogP contribution in [0.4, 0.5) is 8.78 Å².